The molecular formula is C6H9ClO3. The molecule has 0 bridgehead atoms. The summed E-state index contributed by atoms with van der Waals surface area (Å²) in [5.74, 6) is 0.424. The molecule has 1 aliphatic heterocycles. The number of hydrogen-bond donors (Lipinski definition) is 0. The van der Waals surface area contributed by atoms with E-state index in [2.05, 4.69) is 0 Å². The van der Waals surface area contributed by atoms with Crippen molar-refractivity contribution >= 4 is 17.9 Å². The Labute approximate surface area is 64.3 Å². The fourth-order valence-electron chi connectivity index (χ4n) is 0.798. The molecule has 1 aliphatic rings. The predicted octanol–water partition coefficient (Wildman–Crippen LogP) is 0.556. The minimum atomic E-state index is -0.697. The van der Waals surface area contributed by atoms with Crippen LogP contribution in [0, 0.1) is 0 Å². The molecule has 1 fully saturated rings. The maximum Gasteiger partial charge on any atom is 0.214 e. The van der Waals surface area contributed by atoms with Crippen LogP contribution in [0.2, 0.25) is 0 Å². The molecule has 0 aliphatic carbocycles. The molecule has 0 aromatic carbocycles. The Morgan fingerprint density at radius 3 is 3.10 bits per heavy atom. The van der Waals surface area contributed by atoms with Crippen molar-refractivity contribution in [2.75, 3.05) is 12.5 Å². The van der Waals surface area contributed by atoms with Gasteiger partial charge in [0.1, 0.15) is 0 Å². The monoisotopic (exact) mass is 164 g/mol. The van der Waals surface area contributed by atoms with E-state index in [9.17, 15) is 4.79 Å². The summed E-state index contributed by atoms with van der Waals surface area (Å²) in [6.07, 6.45) is 0.690. The minimum Gasteiger partial charge on any atom is -0.346 e. The summed E-state index contributed by atoms with van der Waals surface area (Å²) in [6, 6.07) is 0. The van der Waals surface area contributed by atoms with Gasteiger partial charge in [-0.2, -0.15) is 0 Å². The first-order chi connectivity index (χ1) is 4.86. The van der Waals surface area contributed by atoms with Gasteiger partial charge < -0.3 is 9.47 Å². The first kappa shape index (κ1) is 7.98. The molecule has 3 nitrogen and oxygen atoms in total. The van der Waals surface area contributed by atoms with Crippen molar-refractivity contribution in [3.05, 3.63) is 0 Å². The van der Waals surface area contributed by atoms with Gasteiger partial charge in [-0.3, -0.25) is 4.79 Å². The average Bonchev–Trinajstić information content (AvgIpc) is 2.05. The van der Waals surface area contributed by atoms with Gasteiger partial charge in [-0.1, -0.05) is 0 Å². The van der Waals surface area contributed by atoms with E-state index in [4.69, 9.17) is 21.1 Å². The highest BCUT2D eigenvalue weighted by Gasteiger charge is 2.20. The Bertz CT molecular complexity index is 118. The van der Waals surface area contributed by atoms with E-state index in [-0.39, 0.29) is 6.10 Å². The molecule has 0 N–H and O–H groups in total. The van der Waals surface area contributed by atoms with Gasteiger partial charge in [0, 0.05) is 5.88 Å². The highest BCUT2D eigenvalue weighted by atomic mass is 35.5. The zero-order valence-electron chi connectivity index (χ0n) is 5.46. The maximum absolute atomic E-state index is 10.1. The van der Waals surface area contributed by atoms with Crippen LogP contribution in [0.1, 0.15) is 6.42 Å². The molecule has 58 valence electrons. The summed E-state index contributed by atoms with van der Waals surface area (Å²) in [5, 5.41) is 0. The second kappa shape index (κ2) is 3.91. The van der Waals surface area contributed by atoms with Gasteiger partial charge in [0.05, 0.1) is 12.7 Å². The summed E-state index contributed by atoms with van der Waals surface area (Å²) in [7, 11) is 0. The third-order valence-corrected chi connectivity index (χ3v) is 1.68. The lowest BCUT2D eigenvalue weighted by atomic mass is 10.3. The molecule has 2 unspecified atom stereocenters. The van der Waals surface area contributed by atoms with Crippen LogP contribution in [0.3, 0.4) is 0 Å². The summed E-state index contributed by atoms with van der Waals surface area (Å²) >= 11 is 5.51. The number of alkyl halides is 1. The van der Waals surface area contributed by atoms with Gasteiger partial charge in [0.2, 0.25) is 6.29 Å². The van der Waals surface area contributed by atoms with E-state index in [1.165, 1.54) is 0 Å². The van der Waals surface area contributed by atoms with E-state index >= 15 is 0 Å². The molecule has 1 saturated heterocycles. The van der Waals surface area contributed by atoms with Crippen molar-refractivity contribution in [2.45, 2.75) is 18.8 Å². The first-order valence-electron chi connectivity index (χ1n) is 3.15. The van der Waals surface area contributed by atoms with Crippen molar-refractivity contribution < 1.29 is 14.3 Å². The lowest BCUT2D eigenvalue weighted by molar-refractivity contribution is -0.197. The molecule has 2 atom stereocenters. The normalized spacial score (nSPS) is 33.7. The molecule has 0 aromatic rings. The van der Waals surface area contributed by atoms with Crippen LogP contribution in [0.4, 0.5) is 0 Å². The number of carbonyl (C=O) groups excluding carboxylic acids is 1. The Hall–Kier alpha value is -0.120. The topological polar surface area (TPSA) is 35.5 Å². The van der Waals surface area contributed by atoms with Crippen LogP contribution in [0.5, 0.6) is 0 Å². The molecule has 0 radical (unpaired) electrons. The fraction of sp³-hybridized carbons (Fsp3) is 0.833. The van der Waals surface area contributed by atoms with Gasteiger partial charge in [-0.25, -0.2) is 0 Å². The van der Waals surface area contributed by atoms with Gasteiger partial charge in [0.15, 0.2) is 6.29 Å². The number of rotatable bonds is 2. The second-order valence-corrected chi connectivity index (χ2v) is 2.38. The zero-order valence-corrected chi connectivity index (χ0v) is 6.21. The van der Waals surface area contributed by atoms with Crippen LogP contribution in [-0.4, -0.2) is 31.2 Å². The van der Waals surface area contributed by atoms with Crippen molar-refractivity contribution in [3.8, 4) is 0 Å². The third-order valence-electron chi connectivity index (χ3n) is 1.33. The summed E-state index contributed by atoms with van der Waals surface area (Å²) in [5.41, 5.74) is 0. The van der Waals surface area contributed by atoms with Crippen LogP contribution < -0.4 is 0 Å². The number of halogens is 1. The van der Waals surface area contributed by atoms with Crippen molar-refractivity contribution in [2.24, 2.45) is 0 Å². The summed E-state index contributed by atoms with van der Waals surface area (Å²) in [6.45, 7) is 0.556. The van der Waals surface area contributed by atoms with Gasteiger partial charge in [-0.15, -0.1) is 11.6 Å². The smallest absolute Gasteiger partial charge is 0.214 e. The van der Waals surface area contributed by atoms with Crippen molar-refractivity contribution in [1.29, 1.82) is 0 Å². The third kappa shape index (κ3) is 1.94. The molecular weight excluding hydrogens is 156 g/mol. The second-order valence-electron chi connectivity index (χ2n) is 2.08. The quantitative estimate of drug-likeness (QED) is 0.442. The van der Waals surface area contributed by atoms with Gasteiger partial charge in [-0.05, 0) is 6.42 Å². The summed E-state index contributed by atoms with van der Waals surface area (Å²) in [4.78, 5) is 10.1. The van der Waals surface area contributed by atoms with Crippen LogP contribution in [-0.2, 0) is 14.3 Å². The number of aldehydes is 1. The lowest BCUT2D eigenvalue weighted by Crippen LogP contribution is -2.34. The highest BCUT2D eigenvalue weighted by molar-refractivity contribution is 6.18. The average molecular weight is 165 g/mol. The van der Waals surface area contributed by atoms with E-state index in [1.807, 2.05) is 0 Å². The molecule has 0 aromatic heterocycles. The SMILES string of the molecule is O=CC1OCCC(CCl)O1. The van der Waals surface area contributed by atoms with Gasteiger partial charge >= 0.3 is 0 Å². The largest absolute Gasteiger partial charge is 0.346 e. The molecule has 0 amide bonds. The first-order valence-corrected chi connectivity index (χ1v) is 3.68. The highest BCUT2D eigenvalue weighted by Crippen LogP contribution is 2.11. The molecule has 1 rings (SSSR count). The van der Waals surface area contributed by atoms with E-state index < -0.39 is 6.29 Å². The Kier molecular flexibility index (Phi) is 3.12. The van der Waals surface area contributed by atoms with E-state index in [1.54, 1.807) is 0 Å². The zero-order chi connectivity index (χ0) is 7.40. The standard InChI is InChI=1S/C6H9ClO3/c7-3-5-1-2-9-6(4-8)10-5/h4-6H,1-3H2. The molecule has 10 heavy (non-hydrogen) atoms. The Morgan fingerprint density at radius 2 is 2.50 bits per heavy atom. The van der Waals surface area contributed by atoms with Crippen LogP contribution in [0.15, 0.2) is 0 Å². The van der Waals surface area contributed by atoms with Crippen LogP contribution >= 0.6 is 11.6 Å². The van der Waals surface area contributed by atoms with Crippen LogP contribution in [0.25, 0.3) is 0 Å². The predicted molar refractivity (Wildman–Crippen MR) is 36.0 cm³/mol. The number of ether oxygens (including phenoxy) is 2. The Balaban J connectivity index is 2.31. The molecule has 0 saturated carbocycles. The van der Waals surface area contributed by atoms with E-state index in [0.717, 1.165) is 6.42 Å². The summed E-state index contributed by atoms with van der Waals surface area (Å²) < 4.78 is 9.97. The molecule has 1 heterocycles. The lowest BCUT2D eigenvalue weighted by Gasteiger charge is -2.25. The number of hydrogen-bond acceptors (Lipinski definition) is 3. The molecule has 0 spiro atoms. The van der Waals surface area contributed by atoms with E-state index in [0.29, 0.717) is 18.8 Å². The molecule has 4 heteroatoms. The fourth-order valence-corrected chi connectivity index (χ4v) is 1.02. The number of carbonyl (C=O) groups is 1. The van der Waals surface area contributed by atoms with Gasteiger partial charge in [0.25, 0.3) is 0 Å². The van der Waals surface area contributed by atoms with Crippen molar-refractivity contribution in [1.82, 2.24) is 0 Å². The minimum absolute atomic E-state index is 0.0226. The maximum atomic E-state index is 10.1. The Morgan fingerprint density at radius 1 is 1.70 bits per heavy atom. The van der Waals surface area contributed by atoms with Crippen molar-refractivity contribution in [3.63, 3.8) is 0 Å².